The molecule has 0 heterocycles. The lowest BCUT2D eigenvalue weighted by atomic mass is 9.79. The predicted molar refractivity (Wildman–Crippen MR) is 61.6 cm³/mol. The summed E-state index contributed by atoms with van der Waals surface area (Å²) in [6.07, 6.45) is 4.14. The number of nitrogens with one attached hydrogen (secondary N) is 2. The van der Waals surface area contributed by atoms with Crippen LogP contribution in [0.3, 0.4) is 0 Å². The minimum absolute atomic E-state index is 0.0107. The van der Waals surface area contributed by atoms with Crippen LogP contribution in [0.15, 0.2) is 0 Å². The zero-order valence-electron chi connectivity index (χ0n) is 9.79. The molecule has 0 radical (unpaired) electrons. The van der Waals surface area contributed by atoms with Gasteiger partial charge in [-0.05, 0) is 25.3 Å². The number of rotatable bonds is 4. The van der Waals surface area contributed by atoms with Crippen LogP contribution in [0.2, 0.25) is 0 Å². The summed E-state index contributed by atoms with van der Waals surface area (Å²) in [6.45, 7) is 0.612. The van der Waals surface area contributed by atoms with Crippen molar-refractivity contribution in [3.63, 3.8) is 0 Å². The van der Waals surface area contributed by atoms with E-state index < -0.39 is 0 Å². The first-order chi connectivity index (χ1) is 7.69. The zero-order valence-corrected chi connectivity index (χ0v) is 9.79. The molecule has 0 aliphatic heterocycles. The van der Waals surface area contributed by atoms with Crippen LogP contribution in [-0.4, -0.2) is 32.0 Å². The van der Waals surface area contributed by atoms with Crippen molar-refractivity contribution in [1.82, 2.24) is 10.6 Å². The van der Waals surface area contributed by atoms with Crippen LogP contribution in [0.4, 0.5) is 0 Å². The number of likely N-dealkylation sites (N-methyl/N-ethyl adjacent to an activating group) is 1. The van der Waals surface area contributed by atoms with Crippen molar-refractivity contribution in [3.8, 4) is 0 Å². The van der Waals surface area contributed by atoms with Gasteiger partial charge in [-0.25, -0.2) is 0 Å². The summed E-state index contributed by atoms with van der Waals surface area (Å²) in [5.41, 5.74) is 5.65. The Morgan fingerprint density at radius 1 is 1.31 bits per heavy atom. The fourth-order valence-corrected chi connectivity index (χ4v) is 2.22. The number of carbonyl (C=O) groups excluding carboxylic acids is 2. The van der Waals surface area contributed by atoms with E-state index in [0.717, 1.165) is 25.7 Å². The number of nitrogens with two attached hydrogens (primary N) is 1. The maximum atomic E-state index is 11.8. The normalized spacial score (nSPS) is 24.9. The molecule has 0 bridgehead atoms. The molecule has 1 rings (SSSR count). The van der Waals surface area contributed by atoms with E-state index in [4.69, 9.17) is 5.73 Å². The molecule has 0 spiro atoms. The first-order valence-electron chi connectivity index (χ1n) is 5.87. The molecular weight excluding hydrogens is 206 g/mol. The second-order valence-electron chi connectivity index (χ2n) is 4.28. The van der Waals surface area contributed by atoms with Gasteiger partial charge in [0.25, 0.3) is 0 Å². The van der Waals surface area contributed by atoms with Gasteiger partial charge < -0.3 is 16.4 Å². The fourth-order valence-electron chi connectivity index (χ4n) is 2.22. The third kappa shape index (κ3) is 3.48. The topological polar surface area (TPSA) is 84.2 Å². The first kappa shape index (κ1) is 13.0. The molecule has 0 aromatic heterocycles. The third-order valence-corrected chi connectivity index (χ3v) is 3.25. The van der Waals surface area contributed by atoms with Gasteiger partial charge in [-0.1, -0.05) is 12.8 Å². The minimum Gasteiger partial charge on any atom is -0.358 e. The zero-order chi connectivity index (χ0) is 12.0. The Morgan fingerprint density at radius 2 is 2.00 bits per heavy atom. The fraction of sp³-hybridized carbons (Fsp3) is 0.818. The highest BCUT2D eigenvalue weighted by Gasteiger charge is 2.29. The molecule has 2 atom stereocenters. The van der Waals surface area contributed by atoms with Gasteiger partial charge in [0, 0.05) is 13.0 Å². The number of hydrogen-bond acceptors (Lipinski definition) is 3. The van der Waals surface area contributed by atoms with E-state index in [-0.39, 0.29) is 30.2 Å². The van der Waals surface area contributed by atoms with Crippen LogP contribution in [0.25, 0.3) is 0 Å². The quantitative estimate of drug-likeness (QED) is 0.612. The molecule has 0 saturated heterocycles. The lowest BCUT2D eigenvalue weighted by Gasteiger charge is -2.29. The molecule has 2 amide bonds. The maximum absolute atomic E-state index is 11.8. The summed E-state index contributed by atoms with van der Waals surface area (Å²) in [7, 11) is 1.55. The highest BCUT2D eigenvalue weighted by molar-refractivity contribution is 5.85. The molecule has 1 aliphatic carbocycles. The molecular formula is C11H21N3O2. The van der Waals surface area contributed by atoms with Crippen LogP contribution in [0.5, 0.6) is 0 Å². The summed E-state index contributed by atoms with van der Waals surface area (Å²) in [4.78, 5) is 22.8. The van der Waals surface area contributed by atoms with Gasteiger partial charge >= 0.3 is 0 Å². The van der Waals surface area contributed by atoms with Crippen LogP contribution in [0, 0.1) is 11.8 Å². The Bertz CT molecular complexity index is 256. The Balaban J connectivity index is 2.41. The van der Waals surface area contributed by atoms with Crippen LogP contribution >= 0.6 is 0 Å². The van der Waals surface area contributed by atoms with Crippen molar-refractivity contribution < 1.29 is 9.59 Å². The van der Waals surface area contributed by atoms with Crippen molar-refractivity contribution >= 4 is 11.8 Å². The van der Waals surface area contributed by atoms with Crippen molar-refractivity contribution in [3.05, 3.63) is 0 Å². The summed E-state index contributed by atoms with van der Waals surface area (Å²) in [5, 5.41) is 5.13. The largest absolute Gasteiger partial charge is 0.358 e. The molecule has 1 aliphatic rings. The van der Waals surface area contributed by atoms with Crippen molar-refractivity contribution in [2.45, 2.75) is 25.7 Å². The van der Waals surface area contributed by atoms with E-state index in [1.54, 1.807) is 7.05 Å². The second-order valence-corrected chi connectivity index (χ2v) is 4.28. The van der Waals surface area contributed by atoms with Crippen LogP contribution in [-0.2, 0) is 9.59 Å². The molecule has 1 saturated carbocycles. The smallest absolute Gasteiger partial charge is 0.239 e. The SMILES string of the molecule is CNC(=O)CNC(=O)C1CCCCC1CN. The van der Waals surface area contributed by atoms with Gasteiger partial charge in [-0.15, -0.1) is 0 Å². The highest BCUT2D eigenvalue weighted by atomic mass is 16.2. The van der Waals surface area contributed by atoms with E-state index in [0.29, 0.717) is 6.54 Å². The van der Waals surface area contributed by atoms with Gasteiger partial charge in [0.1, 0.15) is 0 Å². The molecule has 92 valence electrons. The van der Waals surface area contributed by atoms with Crippen LogP contribution < -0.4 is 16.4 Å². The minimum atomic E-state index is -0.173. The summed E-state index contributed by atoms with van der Waals surface area (Å²) in [6, 6.07) is 0. The monoisotopic (exact) mass is 227 g/mol. The van der Waals surface area contributed by atoms with E-state index in [9.17, 15) is 9.59 Å². The molecule has 5 heteroatoms. The Kier molecular flexibility index (Phi) is 5.25. The standard InChI is InChI=1S/C11H21N3O2/c1-13-10(15)7-14-11(16)9-5-3-2-4-8(9)6-12/h8-9H,2-7,12H2,1H3,(H,13,15)(H,14,16). The molecule has 5 nitrogen and oxygen atoms in total. The van der Waals surface area contributed by atoms with E-state index in [1.165, 1.54) is 0 Å². The molecule has 0 aromatic carbocycles. The molecule has 0 aromatic rings. The Morgan fingerprint density at radius 3 is 2.62 bits per heavy atom. The van der Waals surface area contributed by atoms with Crippen molar-refractivity contribution in [1.29, 1.82) is 0 Å². The van der Waals surface area contributed by atoms with E-state index >= 15 is 0 Å². The van der Waals surface area contributed by atoms with Gasteiger partial charge in [0.05, 0.1) is 6.54 Å². The average Bonchev–Trinajstić information content (AvgIpc) is 2.35. The van der Waals surface area contributed by atoms with Crippen molar-refractivity contribution in [2.75, 3.05) is 20.1 Å². The second kappa shape index (κ2) is 6.48. The van der Waals surface area contributed by atoms with Gasteiger partial charge in [-0.2, -0.15) is 0 Å². The summed E-state index contributed by atoms with van der Waals surface area (Å²) < 4.78 is 0. The molecule has 2 unspecified atom stereocenters. The lowest BCUT2D eigenvalue weighted by molar-refractivity contribution is -0.130. The van der Waals surface area contributed by atoms with Gasteiger partial charge in [-0.3, -0.25) is 9.59 Å². The molecule has 1 fully saturated rings. The Hall–Kier alpha value is -1.10. The first-order valence-corrected chi connectivity index (χ1v) is 5.87. The van der Waals surface area contributed by atoms with Gasteiger partial charge in [0.2, 0.25) is 11.8 Å². The van der Waals surface area contributed by atoms with Crippen LogP contribution in [0.1, 0.15) is 25.7 Å². The maximum Gasteiger partial charge on any atom is 0.239 e. The summed E-state index contributed by atoms with van der Waals surface area (Å²) >= 11 is 0. The van der Waals surface area contributed by atoms with Crippen molar-refractivity contribution in [2.24, 2.45) is 17.6 Å². The van der Waals surface area contributed by atoms with Gasteiger partial charge in [0.15, 0.2) is 0 Å². The lowest BCUT2D eigenvalue weighted by Crippen LogP contribution is -2.43. The molecule has 4 N–H and O–H groups in total. The Labute approximate surface area is 96.1 Å². The van der Waals surface area contributed by atoms with E-state index in [1.807, 2.05) is 0 Å². The van der Waals surface area contributed by atoms with E-state index in [2.05, 4.69) is 10.6 Å². The highest BCUT2D eigenvalue weighted by Crippen LogP contribution is 2.29. The predicted octanol–water partition coefficient (Wildman–Crippen LogP) is -0.386. The number of amides is 2. The number of carbonyl (C=O) groups is 2. The number of hydrogen-bond donors (Lipinski definition) is 3. The summed E-state index contributed by atoms with van der Waals surface area (Å²) in [5.74, 6) is 0.0639. The average molecular weight is 227 g/mol. The third-order valence-electron chi connectivity index (χ3n) is 3.25. The molecule has 16 heavy (non-hydrogen) atoms.